The van der Waals surface area contributed by atoms with Crippen LogP contribution in [-0.4, -0.2) is 18.4 Å². The molecule has 3 nitrogen and oxygen atoms in total. The maximum atomic E-state index is 11.9. The normalized spacial score (nSPS) is 14.3. The highest BCUT2D eigenvalue weighted by Crippen LogP contribution is 2.35. The third-order valence-electron chi connectivity index (χ3n) is 2.10. The van der Waals surface area contributed by atoms with E-state index in [9.17, 15) is 18.0 Å². The highest BCUT2D eigenvalue weighted by atomic mass is 32.2. The number of hydrogen-bond acceptors (Lipinski definition) is 4. The van der Waals surface area contributed by atoms with Crippen molar-refractivity contribution in [1.82, 2.24) is 0 Å². The minimum absolute atomic E-state index is 0.0408. The highest BCUT2D eigenvalue weighted by molar-refractivity contribution is 7.95. The number of carbonyl (C=O) groups excluding carboxylic acids is 1. The van der Waals surface area contributed by atoms with Crippen LogP contribution >= 0.6 is 12.0 Å². The largest absolute Gasteiger partial charge is 0.488 e. The van der Waals surface area contributed by atoms with Crippen LogP contribution in [0.15, 0.2) is 23.8 Å². The molecule has 0 unspecified atom stereocenters. The molecule has 0 aliphatic carbocycles. The van der Waals surface area contributed by atoms with E-state index in [1.54, 1.807) is 6.08 Å². The van der Waals surface area contributed by atoms with Gasteiger partial charge in [0, 0.05) is 17.2 Å². The maximum absolute atomic E-state index is 11.9. The summed E-state index contributed by atoms with van der Waals surface area (Å²) in [5, 5.41) is 0. The van der Waals surface area contributed by atoms with Crippen LogP contribution in [0.25, 0.3) is 6.08 Å². The van der Waals surface area contributed by atoms with E-state index in [0.29, 0.717) is 23.2 Å². The van der Waals surface area contributed by atoms with Crippen LogP contribution in [0.5, 0.6) is 11.5 Å². The van der Waals surface area contributed by atoms with Gasteiger partial charge in [0.25, 0.3) is 0 Å². The predicted molar refractivity (Wildman–Crippen MR) is 60.3 cm³/mol. The van der Waals surface area contributed by atoms with Crippen molar-refractivity contribution in [3.63, 3.8) is 0 Å². The Morgan fingerprint density at radius 2 is 2.17 bits per heavy atom. The summed E-state index contributed by atoms with van der Waals surface area (Å²) >= 11 is -0.585. The second-order valence-electron chi connectivity index (χ2n) is 3.44. The van der Waals surface area contributed by atoms with Crippen LogP contribution < -0.4 is 8.92 Å². The van der Waals surface area contributed by atoms with Gasteiger partial charge >= 0.3 is 5.51 Å². The Morgan fingerprint density at radius 3 is 2.83 bits per heavy atom. The Hall–Kier alpha value is -1.63. The topological polar surface area (TPSA) is 35.5 Å². The van der Waals surface area contributed by atoms with Crippen LogP contribution in [0.2, 0.25) is 0 Å². The molecule has 0 radical (unpaired) electrons. The van der Waals surface area contributed by atoms with Gasteiger partial charge in [0.2, 0.25) is 0 Å². The third-order valence-corrected chi connectivity index (χ3v) is 2.57. The van der Waals surface area contributed by atoms with Crippen LogP contribution in [0, 0.1) is 0 Å². The van der Waals surface area contributed by atoms with Crippen molar-refractivity contribution in [2.75, 3.05) is 6.61 Å². The van der Waals surface area contributed by atoms with Gasteiger partial charge in [0.05, 0.1) is 0 Å². The first kappa shape index (κ1) is 12.8. The van der Waals surface area contributed by atoms with E-state index in [4.69, 9.17) is 4.74 Å². The van der Waals surface area contributed by atoms with E-state index in [1.807, 2.05) is 0 Å². The summed E-state index contributed by atoms with van der Waals surface area (Å²) in [5.41, 5.74) is -3.35. The molecule has 2 rings (SSSR count). The summed E-state index contributed by atoms with van der Waals surface area (Å²) in [6, 6.07) is 4.27. The lowest BCUT2D eigenvalue weighted by Crippen LogP contribution is -2.08. The first-order chi connectivity index (χ1) is 8.48. The molecule has 0 amide bonds. The highest BCUT2D eigenvalue weighted by Gasteiger charge is 2.31. The van der Waals surface area contributed by atoms with E-state index >= 15 is 0 Å². The fraction of sp³-hybridized carbons (Fsp3) is 0.182. The zero-order valence-corrected chi connectivity index (χ0v) is 9.68. The zero-order valence-electron chi connectivity index (χ0n) is 8.86. The molecule has 18 heavy (non-hydrogen) atoms. The summed E-state index contributed by atoms with van der Waals surface area (Å²) in [6.45, 7) is 0.104. The van der Waals surface area contributed by atoms with E-state index in [0.717, 1.165) is 0 Å². The van der Waals surface area contributed by atoms with Crippen molar-refractivity contribution >= 4 is 24.4 Å². The molecule has 0 bridgehead atoms. The molecule has 96 valence electrons. The lowest BCUT2D eigenvalue weighted by Gasteiger charge is -2.16. The molecule has 1 aliphatic heterocycles. The summed E-state index contributed by atoms with van der Waals surface area (Å²) in [6.07, 6.45) is 2.29. The van der Waals surface area contributed by atoms with Crippen LogP contribution in [-0.2, 0) is 4.79 Å². The Kier molecular flexibility index (Phi) is 3.51. The molecule has 0 atom stereocenters. The quantitative estimate of drug-likeness (QED) is 0.627. The second kappa shape index (κ2) is 4.93. The lowest BCUT2D eigenvalue weighted by atomic mass is 10.1. The zero-order chi connectivity index (χ0) is 13.2. The molecule has 0 N–H and O–H groups in total. The van der Waals surface area contributed by atoms with Crippen molar-refractivity contribution in [3.8, 4) is 11.5 Å². The van der Waals surface area contributed by atoms with Crippen molar-refractivity contribution < 1.29 is 26.9 Å². The molecule has 0 fully saturated rings. The van der Waals surface area contributed by atoms with Gasteiger partial charge in [-0.25, -0.2) is 0 Å². The number of carbonyl (C=O) groups is 1. The molecular formula is C11H7F3O3S. The number of fused-ring (bicyclic) bond motifs is 1. The van der Waals surface area contributed by atoms with Gasteiger partial charge in [-0.05, 0) is 18.2 Å². The maximum Gasteiger partial charge on any atom is 0.479 e. The molecule has 1 heterocycles. The first-order valence-electron chi connectivity index (χ1n) is 4.83. The average molecular weight is 276 g/mol. The minimum atomic E-state index is -4.46. The van der Waals surface area contributed by atoms with E-state index < -0.39 is 17.6 Å². The number of halogens is 3. The second-order valence-corrected chi connectivity index (χ2v) is 4.23. The summed E-state index contributed by atoms with van der Waals surface area (Å²) in [7, 11) is 0. The van der Waals surface area contributed by atoms with Crippen LogP contribution in [0.4, 0.5) is 13.2 Å². The van der Waals surface area contributed by atoms with Gasteiger partial charge in [0.15, 0.2) is 12.0 Å². The van der Waals surface area contributed by atoms with Gasteiger partial charge in [-0.3, -0.25) is 4.79 Å². The Morgan fingerprint density at radius 1 is 1.39 bits per heavy atom. The molecule has 7 heteroatoms. The molecule has 0 spiro atoms. The predicted octanol–water partition coefficient (Wildman–Crippen LogP) is 3.21. The van der Waals surface area contributed by atoms with Gasteiger partial charge in [0.1, 0.15) is 24.4 Å². The van der Waals surface area contributed by atoms with Gasteiger partial charge in [-0.15, -0.1) is 0 Å². The summed E-state index contributed by atoms with van der Waals surface area (Å²) in [5.74, 6) is 0.430. The van der Waals surface area contributed by atoms with Crippen molar-refractivity contribution in [2.45, 2.75) is 5.51 Å². The van der Waals surface area contributed by atoms with Gasteiger partial charge in [-0.2, -0.15) is 13.2 Å². The summed E-state index contributed by atoms with van der Waals surface area (Å²) < 4.78 is 45.5. The molecule has 0 aromatic heterocycles. The number of benzene rings is 1. The fourth-order valence-corrected chi connectivity index (χ4v) is 1.67. The third kappa shape index (κ3) is 3.19. The molecule has 0 saturated heterocycles. The Labute approximate surface area is 105 Å². The first-order valence-corrected chi connectivity index (χ1v) is 5.57. The smallest absolute Gasteiger partial charge is 0.479 e. The molecule has 0 saturated carbocycles. The monoisotopic (exact) mass is 276 g/mol. The number of alkyl halides is 3. The van der Waals surface area contributed by atoms with Crippen molar-refractivity contribution in [3.05, 3.63) is 29.3 Å². The van der Waals surface area contributed by atoms with Crippen molar-refractivity contribution in [1.29, 1.82) is 0 Å². The standard InChI is InChI=1S/C11H7F3O3S/c12-11(13,14)18-17-9-2-1-8-3-7(5-15)6-16-10(8)4-9/h1-5H,6H2. The summed E-state index contributed by atoms with van der Waals surface area (Å²) in [4.78, 5) is 10.5. The lowest BCUT2D eigenvalue weighted by molar-refractivity contribution is -0.105. The van der Waals surface area contributed by atoms with E-state index in [-0.39, 0.29) is 12.4 Å². The molecule has 1 aliphatic rings. The SMILES string of the molecule is O=CC1=Cc2ccc(OSC(F)(F)F)cc2OC1. The average Bonchev–Trinajstić information content (AvgIpc) is 2.34. The van der Waals surface area contributed by atoms with Gasteiger partial charge < -0.3 is 8.92 Å². The molecule has 1 aromatic rings. The number of rotatable bonds is 3. The Balaban J connectivity index is 2.14. The molecule has 1 aromatic carbocycles. The van der Waals surface area contributed by atoms with Gasteiger partial charge in [-0.1, -0.05) is 0 Å². The number of hydrogen-bond donors (Lipinski definition) is 0. The minimum Gasteiger partial charge on any atom is -0.488 e. The molecular weight excluding hydrogens is 269 g/mol. The fourth-order valence-electron chi connectivity index (χ4n) is 1.38. The van der Waals surface area contributed by atoms with Crippen molar-refractivity contribution in [2.24, 2.45) is 0 Å². The van der Waals surface area contributed by atoms with Crippen LogP contribution in [0.1, 0.15) is 5.56 Å². The van der Waals surface area contributed by atoms with Crippen LogP contribution in [0.3, 0.4) is 0 Å². The van der Waals surface area contributed by atoms with E-state index in [2.05, 4.69) is 4.18 Å². The number of aldehydes is 1. The number of ether oxygens (including phenoxy) is 1. The van der Waals surface area contributed by atoms with E-state index in [1.165, 1.54) is 18.2 Å². The Bertz CT molecular complexity index is 497.